The molecule has 0 saturated carbocycles. The van der Waals surface area contributed by atoms with E-state index in [9.17, 15) is 0 Å². The lowest BCUT2D eigenvalue weighted by molar-refractivity contribution is 1.25. The Bertz CT molecular complexity index is 3060. The van der Waals surface area contributed by atoms with Gasteiger partial charge < -0.3 is 9.80 Å². The molecule has 0 aliphatic carbocycles. The summed E-state index contributed by atoms with van der Waals surface area (Å²) in [5.41, 5.74) is 5.06. The van der Waals surface area contributed by atoms with Gasteiger partial charge in [0.15, 0.2) is 0 Å². The van der Waals surface area contributed by atoms with Crippen molar-refractivity contribution in [3.63, 3.8) is 0 Å². The Morgan fingerprint density at radius 2 is 0.678 bits per heavy atom. The van der Waals surface area contributed by atoms with Gasteiger partial charge in [0.2, 0.25) is 0 Å². The van der Waals surface area contributed by atoms with Gasteiger partial charge in [0, 0.05) is 46.2 Å². The third kappa shape index (κ3) is 5.55. The van der Waals surface area contributed by atoms with Crippen LogP contribution < -0.4 is 41.6 Å². The highest BCUT2D eigenvalue weighted by Crippen LogP contribution is 2.59. The minimum absolute atomic E-state index is 1.10. The lowest BCUT2D eigenvalue weighted by Gasteiger charge is -2.37. The lowest BCUT2D eigenvalue weighted by atomic mass is 10.0. The lowest BCUT2D eigenvalue weighted by Crippen LogP contribution is -2.38. The summed E-state index contributed by atoms with van der Waals surface area (Å²) in [6, 6.07) is 77.8. The van der Waals surface area contributed by atoms with Gasteiger partial charge in [0.1, 0.15) is 23.2 Å². The Balaban J connectivity index is 1.41. The predicted octanol–water partition coefficient (Wildman–Crippen LogP) is 11.8. The van der Waals surface area contributed by atoms with E-state index < -0.39 is 15.2 Å². The van der Waals surface area contributed by atoms with E-state index in [1.165, 1.54) is 97.7 Å². The van der Waals surface area contributed by atoms with Gasteiger partial charge in [-0.2, -0.15) is 0 Å². The molecule has 0 fully saturated rings. The number of rotatable bonds is 2. The maximum Gasteiger partial charge on any atom is 0.128 e. The highest BCUT2D eigenvalue weighted by atomic mass is 31.2. The summed E-state index contributed by atoms with van der Waals surface area (Å²) in [6.45, 7) is 2.57. The molecule has 11 rings (SSSR count). The quantitative estimate of drug-likeness (QED) is 0.161. The minimum Gasteiger partial charge on any atom is -0.340 e. The first-order chi connectivity index (χ1) is 29.0. The zero-order valence-electron chi connectivity index (χ0n) is 33.4. The Morgan fingerprint density at radius 1 is 0.339 bits per heavy atom. The summed E-state index contributed by atoms with van der Waals surface area (Å²) in [6.07, 6.45) is 0. The molecule has 59 heavy (non-hydrogen) atoms. The molecule has 0 saturated heterocycles. The third-order valence-electron chi connectivity index (χ3n) is 12.6. The summed E-state index contributed by atoms with van der Waals surface area (Å²) in [5.74, 6) is 0. The van der Waals surface area contributed by atoms with Crippen LogP contribution in [-0.2, 0) is 0 Å². The molecule has 4 heteroatoms. The van der Waals surface area contributed by atoms with Crippen molar-refractivity contribution in [2.75, 3.05) is 30.6 Å². The summed E-state index contributed by atoms with van der Waals surface area (Å²) < 4.78 is 0. The summed E-state index contributed by atoms with van der Waals surface area (Å²) in [7, 11) is 1.15. The molecule has 1 aliphatic heterocycles. The molecule has 282 valence electrons. The summed E-state index contributed by atoms with van der Waals surface area (Å²) in [4.78, 5) is 5.17. The molecule has 0 radical (unpaired) electrons. The van der Waals surface area contributed by atoms with E-state index in [0.717, 1.165) is 0 Å². The molecule has 1 aliphatic rings. The zero-order chi connectivity index (χ0) is 39.7. The maximum atomic E-state index is 2.58. The van der Waals surface area contributed by atoms with Crippen molar-refractivity contribution < 1.29 is 0 Å². The predicted molar refractivity (Wildman–Crippen MR) is 262 cm³/mol. The smallest absolute Gasteiger partial charge is 0.128 e. The summed E-state index contributed by atoms with van der Waals surface area (Å²) in [5, 5.41) is 18.1. The number of fused-ring (bicyclic) bond motifs is 12. The van der Waals surface area contributed by atoms with Crippen LogP contribution in [0.2, 0.25) is 0 Å². The first-order valence-corrected chi connectivity index (χ1v) is 23.9. The highest BCUT2D eigenvalue weighted by Gasteiger charge is 2.47. The van der Waals surface area contributed by atoms with Crippen molar-refractivity contribution in [1.82, 2.24) is 0 Å². The molecule has 10 aromatic rings. The van der Waals surface area contributed by atoms with Crippen LogP contribution in [0, 0.1) is 0 Å². The van der Waals surface area contributed by atoms with E-state index in [4.69, 9.17) is 0 Å². The van der Waals surface area contributed by atoms with Crippen LogP contribution >= 0.6 is 15.2 Å². The van der Waals surface area contributed by atoms with Gasteiger partial charge in [-0.05, 0) is 59.0 Å². The average Bonchev–Trinajstić information content (AvgIpc) is 3.30. The van der Waals surface area contributed by atoms with E-state index in [1.54, 1.807) is 0 Å². The molecule has 0 bridgehead atoms. The van der Waals surface area contributed by atoms with Crippen molar-refractivity contribution in [2.24, 2.45) is 0 Å². The molecule has 2 nitrogen and oxygen atoms in total. The average molecular weight is 794 g/mol. The summed E-state index contributed by atoms with van der Waals surface area (Å²) >= 11 is 0. The second-order valence-corrected chi connectivity index (χ2v) is 21.4. The normalized spacial score (nSPS) is 16.6. The van der Waals surface area contributed by atoms with Gasteiger partial charge >= 0.3 is 0 Å². The van der Waals surface area contributed by atoms with Crippen LogP contribution in [-0.4, -0.2) is 20.8 Å². The van der Waals surface area contributed by atoms with E-state index in [0.29, 0.717) is 0 Å². The minimum atomic E-state index is -2.43. The van der Waals surface area contributed by atoms with Crippen molar-refractivity contribution in [1.29, 1.82) is 0 Å². The van der Waals surface area contributed by atoms with Crippen LogP contribution in [0.3, 0.4) is 0 Å². The van der Waals surface area contributed by atoms with Gasteiger partial charge in [0.25, 0.3) is 0 Å². The van der Waals surface area contributed by atoms with Crippen molar-refractivity contribution in [3.8, 4) is 0 Å². The van der Waals surface area contributed by atoms with Gasteiger partial charge in [0.05, 0.1) is 29.4 Å². The number of hydrogen-bond donors (Lipinski definition) is 0. The number of benzene rings is 10. The Labute approximate surface area is 348 Å². The number of hydrogen-bond acceptors (Lipinski definition) is 2. The Morgan fingerprint density at radius 3 is 1.10 bits per heavy atom. The molecule has 10 aromatic carbocycles. The first-order valence-electron chi connectivity index (χ1n) is 20.4. The van der Waals surface area contributed by atoms with Crippen LogP contribution in [0.25, 0.3) is 43.1 Å². The van der Waals surface area contributed by atoms with Gasteiger partial charge in [-0.1, -0.05) is 182 Å². The molecule has 1 heterocycles. The van der Waals surface area contributed by atoms with E-state index in [-0.39, 0.29) is 0 Å². The Hall–Kier alpha value is -6.30. The fraction of sp³-hybridized carbons (Fsp3) is 0.0545. The van der Waals surface area contributed by atoms with Gasteiger partial charge in [-0.25, -0.2) is 0 Å². The maximum absolute atomic E-state index is 2.58. The SMILES string of the molecule is CN1c2c(ccc3ccccc23)P(c2ccccc2)c2ccc3ccccc3c2N(C)c2c(ccc3ccccc23)[P+](C)(c2ccccc2)c2ccc3ccccc3c21. The topological polar surface area (TPSA) is 6.48 Å². The molecular weight excluding hydrogens is 751 g/mol. The molecule has 0 unspecified atom stereocenters. The molecule has 0 amide bonds. The fourth-order valence-electron chi connectivity index (χ4n) is 9.81. The van der Waals surface area contributed by atoms with Crippen LogP contribution in [0.4, 0.5) is 22.7 Å². The second kappa shape index (κ2) is 14.2. The van der Waals surface area contributed by atoms with E-state index >= 15 is 0 Å². The second-order valence-electron chi connectivity index (χ2n) is 15.7. The molecular formula is C55H43N2P2+. The van der Waals surface area contributed by atoms with Crippen LogP contribution in [0.15, 0.2) is 206 Å². The van der Waals surface area contributed by atoms with Gasteiger partial charge in [-0.3, -0.25) is 0 Å². The first kappa shape index (κ1) is 35.8. The highest BCUT2D eigenvalue weighted by molar-refractivity contribution is 7.95. The van der Waals surface area contributed by atoms with Crippen molar-refractivity contribution in [3.05, 3.63) is 206 Å². The standard InChI is InChI=1S/C55H43N2P2/c1-56-52-44-26-14-10-18-38(44)30-34-48(52)58(42-22-6-4-7-23-42)49-35-31-39-19-11-15-27-45(39)53(49)57(2)55-47-29-17-13-21-41(47)33-37-51(55)59(3,43-24-8-5-9-25-43)50-36-32-40-20-12-16-28-46(40)54(50)56/h4-37H,1-3H3/q+1. The molecule has 0 atom stereocenters. The molecule has 0 spiro atoms. The van der Waals surface area contributed by atoms with E-state index in [2.05, 4.69) is 237 Å². The fourth-order valence-corrected chi connectivity index (χ4v) is 16.2. The van der Waals surface area contributed by atoms with Crippen LogP contribution in [0.1, 0.15) is 0 Å². The monoisotopic (exact) mass is 793 g/mol. The third-order valence-corrected chi connectivity index (χ3v) is 19.1. The number of nitrogens with zero attached hydrogens (tertiary/aromatic N) is 2. The largest absolute Gasteiger partial charge is 0.340 e. The van der Waals surface area contributed by atoms with Crippen molar-refractivity contribution >= 4 is 113 Å². The van der Waals surface area contributed by atoms with E-state index in [1.807, 2.05) is 0 Å². The molecule has 0 N–H and O–H groups in total. The van der Waals surface area contributed by atoms with Gasteiger partial charge in [-0.15, -0.1) is 0 Å². The number of anilines is 4. The van der Waals surface area contributed by atoms with Crippen LogP contribution in [0.5, 0.6) is 0 Å². The Kier molecular flexibility index (Phi) is 8.63. The van der Waals surface area contributed by atoms with Crippen molar-refractivity contribution in [2.45, 2.75) is 0 Å². The molecule has 0 aromatic heterocycles. The zero-order valence-corrected chi connectivity index (χ0v) is 35.2.